The quantitative estimate of drug-likeness (QED) is 0.330. The number of nitrogens with one attached hydrogen (secondary N) is 3. The largest absolute Gasteiger partial charge is 0.497 e. The number of carbonyl (C=O) groups is 5. The van der Waals surface area contributed by atoms with E-state index in [1.54, 1.807) is 12.0 Å². The molecule has 3 aliphatic heterocycles. The van der Waals surface area contributed by atoms with Crippen molar-refractivity contribution in [3.05, 3.63) is 46.8 Å². The van der Waals surface area contributed by atoms with E-state index < -0.39 is 68.5 Å². The van der Waals surface area contributed by atoms with Crippen LogP contribution in [0.25, 0.3) is 11.3 Å². The molecule has 6 atom stereocenters. The van der Waals surface area contributed by atoms with Crippen LogP contribution in [-0.4, -0.2) is 109 Å². The summed E-state index contributed by atoms with van der Waals surface area (Å²) in [6, 6.07) is 5.27. The van der Waals surface area contributed by atoms with Crippen LogP contribution in [0.15, 0.2) is 41.8 Å². The number of aromatic nitrogens is 1. The second-order valence-corrected chi connectivity index (χ2v) is 20.0. The van der Waals surface area contributed by atoms with Gasteiger partial charge in [0.1, 0.15) is 23.4 Å². The molecule has 15 nitrogen and oxygen atoms in total. The standard InChI is InChI=1S/C40H52N6O9S2/c1-39(2,3)23-55-38(51)42-30-11-9-7-5-6-8-10-26-18-40(26,37(50)44-57(52,53)28-16-17-28)43-33(47)32-29-21-45(19-25(29)20-46(32)35(30)48)36(49)34-41-31(22-56-34)24-12-14-27(54-4)15-13-24/h8,10,12-15,22,25-26,28-30,32H,5-7,9,11,16-21,23H2,1-4H3,(H,42,51)(H,43,47)(H,44,50)/b10-8-/t25-,26+,29-,30-,32-,40-/m0/s1. The van der Waals surface area contributed by atoms with Gasteiger partial charge in [-0.25, -0.2) is 18.2 Å². The zero-order chi connectivity index (χ0) is 40.7. The molecule has 2 aliphatic carbocycles. The summed E-state index contributed by atoms with van der Waals surface area (Å²) in [5, 5.41) is 7.16. The molecule has 0 unspecified atom stereocenters. The molecule has 2 aromatic rings. The molecule has 4 heterocycles. The number of benzene rings is 1. The second-order valence-electron chi connectivity index (χ2n) is 17.2. The number of rotatable bonds is 8. The Morgan fingerprint density at radius 3 is 2.49 bits per heavy atom. The van der Waals surface area contributed by atoms with Gasteiger partial charge in [-0.15, -0.1) is 11.3 Å². The number of fused-ring (bicyclic) bond motifs is 4. The van der Waals surface area contributed by atoms with Crippen molar-refractivity contribution in [2.24, 2.45) is 23.2 Å². The van der Waals surface area contributed by atoms with Crippen molar-refractivity contribution in [3.63, 3.8) is 0 Å². The number of likely N-dealkylation sites (tertiary alicyclic amines) is 1. The summed E-state index contributed by atoms with van der Waals surface area (Å²) < 4.78 is 38.8. The molecule has 308 valence electrons. The maximum Gasteiger partial charge on any atom is 0.407 e. The van der Waals surface area contributed by atoms with E-state index in [-0.39, 0.29) is 49.9 Å². The Bertz CT molecular complexity index is 2030. The third kappa shape index (κ3) is 8.98. The molecule has 57 heavy (non-hydrogen) atoms. The SMILES string of the molecule is COc1ccc(-c2csc(C(=O)N3C[C@H]4CN5C(=O)[C@@H](NC(=O)OCC(C)(C)C)CCCCC/C=C\[C@@H]6C[C@]6(C(=O)NS(=O)(=O)C6CC6)NC(=O)[C@@H]5[C@H]4C3)n2)cc1. The molecule has 2 saturated heterocycles. The lowest BCUT2D eigenvalue weighted by Gasteiger charge is -2.33. The van der Waals surface area contributed by atoms with E-state index in [1.807, 2.05) is 62.6 Å². The lowest BCUT2D eigenvalue weighted by Crippen LogP contribution is -2.60. The minimum Gasteiger partial charge on any atom is -0.497 e. The molecule has 5 amide bonds. The number of thiazole rings is 1. The number of nitrogens with zero attached hydrogens (tertiary/aromatic N) is 3. The monoisotopic (exact) mass is 824 g/mol. The predicted molar refractivity (Wildman–Crippen MR) is 212 cm³/mol. The van der Waals surface area contributed by atoms with Gasteiger partial charge in [0.15, 0.2) is 5.01 Å². The first kappa shape index (κ1) is 40.7. The van der Waals surface area contributed by atoms with Crippen LogP contribution in [0.2, 0.25) is 0 Å². The molecule has 0 bridgehead atoms. The van der Waals surface area contributed by atoms with Crippen molar-refractivity contribution < 1.29 is 41.9 Å². The highest BCUT2D eigenvalue weighted by molar-refractivity contribution is 7.91. The van der Waals surface area contributed by atoms with Gasteiger partial charge in [-0.05, 0) is 68.2 Å². The Morgan fingerprint density at radius 1 is 1.04 bits per heavy atom. The van der Waals surface area contributed by atoms with Crippen molar-refractivity contribution >= 4 is 51.1 Å². The average Bonchev–Trinajstić information content (AvgIpc) is 3.99. The van der Waals surface area contributed by atoms with Crippen LogP contribution in [0.1, 0.15) is 81.9 Å². The van der Waals surface area contributed by atoms with Gasteiger partial charge in [-0.2, -0.15) is 0 Å². The van der Waals surface area contributed by atoms with Gasteiger partial charge in [0, 0.05) is 48.3 Å². The highest BCUT2D eigenvalue weighted by Crippen LogP contribution is 2.47. The minimum atomic E-state index is -3.91. The molecule has 0 radical (unpaired) electrons. The summed E-state index contributed by atoms with van der Waals surface area (Å²) in [5.41, 5.74) is -0.355. The van der Waals surface area contributed by atoms with Gasteiger partial charge < -0.3 is 29.9 Å². The fraction of sp³-hybridized carbons (Fsp3) is 0.600. The Balaban J connectivity index is 1.15. The molecule has 17 heteroatoms. The molecule has 7 rings (SSSR count). The lowest BCUT2D eigenvalue weighted by molar-refractivity contribution is -0.142. The van der Waals surface area contributed by atoms with Gasteiger partial charge in [0.2, 0.25) is 21.8 Å². The minimum absolute atomic E-state index is 0.133. The molecule has 5 aliphatic rings. The molecular weight excluding hydrogens is 773 g/mol. The van der Waals surface area contributed by atoms with Crippen LogP contribution in [0.3, 0.4) is 0 Å². The van der Waals surface area contributed by atoms with E-state index in [4.69, 9.17) is 9.47 Å². The van der Waals surface area contributed by atoms with Crippen LogP contribution >= 0.6 is 11.3 Å². The summed E-state index contributed by atoms with van der Waals surface area (Å²) in [4.78, 5) is 77.8. The summed E-state index contributed by atoms with van der Waals surface area (Å²) >= 11 is 1.22. The summed E-state index contributed by atoms with van der Waals surface area (Å²) in [7, 11) is -2.33. The topological polar surface area (TPSA) is 193 Å². The smallest absolute Gasteiger partial charge is 0.407 e. The van der Waals surface area contributed by atoms with E-state index in [1.165, 1.54) is 16.2 Å². The fourth-order valence-corrected chi connectivity index (χ4v) is 10.3. The fourth-order valence-electron chi connectivity index (χ4n) is 8.10. The van der Waals surface area contributed by atoms with Crippen molar-refractivity contribution in [1.29, 1.82) is 0 Å². The van der Waals surface area contributed by atoms with Gasteiger partial charge in [0.25, 0.3) is 11.8 Å². The predicted octanol–water partition coefficient (Wildman–Crippen LogP) is 3.86. The number of sulfonamides is 1. The summed E-state index contributed by atoms with van der Waals surface area (Å²) in [6.07, 6.45) is 7.41. The third-order valence-corrected chi connectivity index (χ3v) is 14.1. The number of alkyl carbamates (subject to hydrolysis) is 1. The maximum absolute atomic E-state index is 14.7. The molecule has 4 fully saturated rings. The zero-order valence-corrected chi connectivity index (χ0v) is 34.5. The highest BCUT2D eigenvalue weighted by atomic mass is 32.2. The Morgan fingerprint density at radius 2 is 1.79 bits per heavy atom. The average molecular weight is 825 g/mol. The highest BCUT2D eigenvalue weighted by Gasteiger charge is 2.63. The molecular formula is C40H52N6O9S2. The van der Waals surface area contributed by atoms with Crippen LogP contribution < -0.4 is 20.1 Å². The molecule has 2 saturated carbocycles. The number of hydrogen-bond donors (Lipinski definition) is 3. The third-order valence-electron chi connectivity index (χ3n) is 11.5. The lowest BCUT2D eigenvalue weighted by atomic mass is 9.93. The Hall–Kier alpha value is -4.51. The van der Waals surface area contributed by atoms with Crippen LogP contribution in [0.4, 0.5) is 4.79 Å². The Labute approximate surface area is 337 Å². The van der Waals surface area contributed by atoms with Crippen LogP contribution in [0.5, 0.6) is 5.75 Å². The normalized spacial score (nSPS) is 28.5. The van der Waals surface area contributed by atoms with E-state index in [0.29, 0.717) is 48.6 Å². The first-order valence-corrected chi connectivity index (χ1v) is 22.2. The van der Waals surface area contributed by atoms with E-state index >= 15 is 0 Å². The van der Waals surface area contributed by atoms with Gasteiger partial charge in [-0.1, -0.05) is 45.8 Å². The van der Waals surface area contributed by atoms with E-state index in [0.717, 1.165) is 18.4 Å². The number of amides is 5. The summed E-state index contributed by atoms with van der Waals surface area (Å²) in [5.74, 6) is -2.70. The number of ether oxygens (including phenoxy) is 2. The number of hydrogen-bond acceptors (Lipinski definition) is 11. The molecule has 1 aromatic carbocycles. The van der Waals surface area contributed by atoms with Crippen LogP contribution in [0, 0.1) is 23.2 Å². The molecule has 1 aromatic heterocycles. The van der Waals surface area contributed by atoms with Crippen molar-refractivity contribution in [2.45, 2.75) is 95.0 Å². The summed E-state index contributed by atoms with van der Waals surface area (Å²) in [6.45, 7) is 6.46. The molecule has 0 spiro atoms. The number of allylic oxidation sites excluding steroid dienone is 1. The van der Waals surface area contributed by atoms with Crippen molar-refractivity contribution in [3.8, 4) is 17.0 Å². The first-order chi connectivity index (χ1) is 27.1. The van der Waals surface area contributed by atoms with Gasteiger partial charge >= 0.3 is 6.09 Å². The van der Waals surface area contributed by atoms with Crippen molar-refractivity contribution in [1.82, 2.24) is 30.1 Å². The van der Waals surface area contributed by atoms with Gasteiger partial charge in [0.05, 0.1) is 24.7 Å². The molecule has 3 N–H and O–H groups in total. The number of methoxy groups -OCH3 is 1. The van der Waals surface area contributed by atoms with Gasteiger partial charge in [-0.3, -0.25) is 23.9 Å². The first-order valence-electron chi connectivity index (χ1n) is 19.8. The van der Waals surface area contributed by atoms with E-state index in [2.05, 4.69) is 20.3 Å². The van der Waals surface area contributed by atoms with Crippen molar-refractivity contribution in [2.75, 3.05) is 33.4 Å². The van der Waals surface area contributed by atoms with Crippen LogP contribution in [-0.2, 0) is 29.1 Å². The number of carbonyl (C=O) groups excluding carboxylic acids is 5. The second kappa shape index (κ2) is 16.0. The zero-order valence-electron chi connectivity index (χ0n) is 32.8. The van der Waals surface area contributed by atoms with E-state index in [9.17, 15) is 32.4 Å². The maximum atomic E-state index is 14.7. The Kier molecular flexibility index (Phi) is 11.4.